The van der Waals surface area contributed by atoms with Gasteiger partial charge in [0.25, 0.3) is 0 Å². The van der Waals surface area contributed by atoms with Crippen molar-refractivity contribution in [2.45, 2.75) is 65.1 Å². The highest BCUT2D eigenvalue weighted by atomic mass is 15.2. The van der Waals surface area contributed by atoms with Crippen LogP contribution >= 0.6 is 0 Å². The lowest BCUT2D eigenvalue weighted by Gasteiger charge is -2.47. The summed E-state index contributed by atoms with van der Waals surface area (Å²) < 4.78 is 0. The molecule has 0 aliphatic carbocycles. The molecule has 0 saturated carbocycles. The molecule has 1 aliphatic rings. The van der Waals surface area contributed by atoms with Gasteiger partial charge in [-0.15, -0.1) is 0 Å². The normalized spacial score (nSPS) is 25.6. The van der Waals surface area contributed by atoms with E-state index >= 15 is 0 Å². The van der Waals surface area contributed by atoms with Crippen LogP contribution in [0, 0.1) is 13.8 Å². The Balaban J connectivity index is 2.41. The molecule has 19 heavy (non-hydrogen) atoms. The quantitative estimate of drug-likeness (QED) is 0.836. The monoisotopic (exact) mass is 260 g/mol. The van der Waals surface area contributed by atoms with E-state index in [1.165, 1.54) is 23.1 Å². The Hall–Kier alpha value is -0.860. The number of piperidine rings is 1. The first kappa shape index (κ1) is 14.5. The molecule has 0 bridgehead atoms. The topological polar surface area (TPSA) is 29.3 Å². The van der Waals surface area contributed by atoms with Gasteiger partial charge in [0, 0.05) is 11.6 Å². The fourth-order valence-electron chi connectivity index (χ4n) is 3.39. The van der Waals surface area contributed by atoms with Crippen molar-refractivity contribution in [2.75, 3.05) is 6.54 Å². The van der Waals surface area contributed by atoms with Gasteiger partial charge in [-0.05, 0) is 59.6 Å². The minimum absolute atomic E-state index is 0.167. The van der Waals surface area contributed by atoms with Crippen LogP contribution < -0.4 is 5.73 Å². The molecule has 2 atom stereocenters. The first-order valence-electron chi connectivity index (χ1n) is 7.39. The summed E-state index contributed by atoms with van der Waals surface area (Å²) in [5, 5.41) is 0. The molecule has 0 aromatic heterocycles. The van der Waals surface area contributed by atoms with Crippen molar-refractivity contribution in [2.24, 2.45) is 5.73 Å². The lowest BCUT2D eigenvalue weighted by atomic mass is 9.86. The molecule has 1 aromatic carbocycles. The van der Waals surface area contributed by atoms with E-state index < -0.39 is 0 Å². The van der Waals surface area contributed by atoms with Gasteiger partial charge in [0.05, 0.1) is 6.04 Å². The SMILES string of the molecule is Cc1cc(C)cc(C2C(N)CCCN2C(C)(C)C)c1. The zero-order valence-electron chi connectivity index (χ0n) is 13.0. The van der Waals surface area contributed by atoms with Crippen molar-refractivity contribution in [3.05, 3.63) is 34.9 Å². The van der Waals surface area contributed by atoms with Crippen LogP contribution in [-0.4, -0.2) is 23.0 Å². The van der Waals surface area contributed by atoms with Gasteiger partial charge < -0.3 is 5.73 Å². The predicted octanol–water partition coefficient (Wildman–Crippen LogP) is 3.57. The van der Waals surface area contributed by atoms with E-state index in [1.807, 2.05) is 0 Å². The number of nitrogens with zero attached hydrogens (tertiary/aromatic N) is 1. The van der Waals surface area contributed by atoms with Crippen molar-refractivity contribution < 1.29 is 0 Å². The summed E-state index contributed by atoms with van der Waals surface area (Å²) >= 11 is 0. The van der Waals surface area contributed by atoms with E-state index in [0.29, 0.717) is 6.04 Å². The molecule has 2 unspecified atom stereocenters. The van der Waals surface area contributed by atoms with Crippen molar-refractivity contribution >= 4 is 0 Å². The molecule has 1 saturated heterocycles. The molecule has 0 spiro atoms. The van der Waals surface area contributed by atoms with Gasteiger partial charge in [0.2, 0.25) is 0 Å². The Morgan fingerprint density at radius 2 is 1.68 bits per heavy atom. The van der Waals surface area contributed by atoms with Crippen LogP contribution in [0.1, 0.15) is 56.3 Å². The average molecular weight is 260 g/mol. The summed E-state index contributed by atoms with van der Waals surface area (Å²) in [7, 11) is 0. The summed E-state index contributed by atoms with van der Waals surface area (Å²) in [6.07, 6.45) is 2.34. The molecule has 1 aliphatic heterocycles. The molecule has 2 N–H and O–H groups in total. The Labute approximate surface area is 118 Å². The van der Waals surface area contributed by atoms with Crippen LogP contribution in [0.15, 0.2) is 18.2 Å². The summed E-state index contributed by atoms with van der Waals surface area (Å²) in [6.45, 7) is 12.4. The van der Waals surface area contributed by atoms with Crippen LogP contribution in [0.2, 0.25) is 0 Å². The minimum atomic E-state index is 0.167. The molecule has 0 amide bonds. The molecular formula is C17H28N2. The lowest BCUT2D eigenvalue weighted by molar-refractivity contribution is 0.0384. The molecule has 1 heterocycles. The fourth-order valence-corrected chi connectivity index (χ4v) is 3.39. The van der Waals surface area contributed by atoms with Gasteiger partial charge in [-0.25, -0.2) is 0 Å². The molecule has 0 radical (unpaired) electrons. The number of nitrogens with two attached hydrogens (primary N) is 1. The molecule has 1 fully saturated rings. The number of aryl methyl sites for hydroxylation is 2. The highest BCUT2D eigenvalue weighted by Crippen LogP contribution is 2.36. The first-order valence-corrected chi connectivity index (χ1v) is 7.39. The summed E-state index contributed by atoms with van der Waals surface area (Å²) in [5.41, 5.74) is 10.7. The third-order valence-electron chi connectivity index (χ3n) is 4.12. The maximum Gasteiger partial charge on any atom is 0.0504 e. The van der Waals surface area contributed by atoms with Gasteiger partial charge >= 0.3 is 0 Å². The van der Waals surface area contributed by atoms with Gasteiger partial charge in [-0.1, -0.05) is 29.3 Å². The predicted molar refractivity (Wildman–Crippen MR) is 82.3 cm³/mol. The number of likely N-dealkylation sites (tertiary alicyclic amines) is 1. The van der Waals surface area contributed by atoms with Gasteiger partial charge in [0.15, 0.2) is 0 Å². The second kappa shape index (κ2) is 5.26. The third kappa shape index (κ3) is 3.18. The molecule has 1 aromatic rings. The lowest BCUT2D eigenvalue weighted by Crippen LogP contribution is -2.53. The van der Waals surface area contributed by atoms with Crippen LogP contribution in [0.3, 0.4) is 0 Å². The van der Waals surface area contributed by atoms with Crippen molar-refractivity contribution in [3.8, 4) is 0 Å². The molecule has 106 valence electrons. The number of hydrogen-bond acceptors (Lipinski definition) is 2. The van der Waals surface area contributed by atoms with E-state index in [2.05, 4.69) is 57.7 Å². The Morgan fingerprint density at radius 3 is 2.21 bits per heavy atom. The van der Waals surface area contributed by atoms with Crippen molar-refractivity contribution in [1.82, 2.24) is 4.90 Å². The van der Waals surface area contributed by atoms with Gasteiger partial charge in [-0.2, -0.15) is 0 Å². The van der Waals surface area contributed by atoms with E-state index in [4.69, 9.17) is 5.73 Å². The van der Waals surface area contributed by atoms with E-state index in [-0.39, 0.29) is 11.6 Å². The summed E-state index contributed by atoms with van der Waals surface area (Å²) in [4.78, 5) is 2.58. The van der Waals surface area contributed by atoms with Crippen LogP contribution in [0.5, 0.6) is 0 Å². The molecular weight excluding hydrogens is 232 g/mol. The Morgan fingerprint density at radius 1 is 1.11 bits per heavy atom. The molecule has 2 nitrogen and oxygen atoms in total. The Kier molecular flexibility index (Phi) is 4.03. The fraction of sp³-hybridized carbons (Fsp3) is 0.647. The van der Waals surface area contributed by atoms with Crippen molar-refractivity contribution in [3.63, 3.8) is 0 Å². The average Bonchev–Trinajstić information content (AvgIpc) is 2.25. The third-order valence-corrected chi connectivity index (χ3v) is 4.12. The Bertz CT molecular complexity index is 425. The highest BCUT2D eigenvalue weighted by Gasteiger charge is 2.36. The zero-order valence-corrected chi connectivity index (χ0v) is 13.0. The first-order chi connectivity index (χ1) is 8.79. The second-order valence-electron chi connectivity index (χ2n) is 7.04. The minimum Gasteiger partial charge on any atom is -0.326 e. The van der Waals surface area contributed by atoms with E-state index in [9.17, 15) is 0 Å². The van der Waals surface area contributed by atoms with Crippen LogP contribution in [0.4, 0.5) is 0 Å². The van der Waals surface area contributed by atoms with Crippen LogP contribution in [0.25, 0.3) is 0 Å². The van der Waals surface area contributed by atoms with E-state index in [1.54, 1.807) is 0 Å². The summed E-state index contributed by atoms with van der Waals surface area (Å²) in [6, 6.07) is 7.45. The maximum absolute atomic E-state index is 6.46. The van der Waals surface area contributed by atoms with Gasteiger partial charge in [-0.3, -0.25) is 4.90 Å². The largest absolute Gasteiger partial charge is 0.326 e. The van der Waals surface area contributed by atoms with Crippen LogP contribution in [-0.2, 0) is 0 Å². The molecule has 2 heteroatoms. The van der Waals surface area contributed by atoms with Crippen molar-refractivity contribution in [1.29, 1.82) is 0 Å². The highest BCUT2D eigenvalue weighted by molar-refractivity contribution is 5.32. The maximum atomic E-state index is 6.46. The standard InChI is InChI=1S/C17H28N2/c1-12-9-13(2)11-14(10-12)16-15(18)7-6-8-19(16)17(3,4)5/h9-11,15-16H,6-8,18H2,1-5H3. The number of hydrogen-bond donors (Lipinski definition) is 1. The summed E-state index contributed by atoms with van der Waals surface area (Å²) in [5.74, 6) is 0. The molecule has 2 rings (SSSR count). The zero-order chi connectivity index (χ0) is 14.2. The number of benzene rings is 1. The van der Waals surface area contributed by atoms with Gasteiger partial charge in [0.1, 0.15) is 0 Å². The second-order valence-corrected chi connectivity index (χ2v) is 7.04. The number of rotatable bonds is 1. The smallest absolute Gasteiger partial charge is 0.0504 e. The van der Waals surface area contributed by atoms with E-state index in [0.717, 1.165) is 13.0 Å².